The molecule has 1 N–H and O–H groups in total. The largest absolute Gasteiger partial charge is 0.465 e. The third-order valence-electron chi connectivity index (χ3n) is 2.35. The van der Waals surface area contributed by atoms with E-state index in [-0.39, 0.29) is 18.2 Å². The van der Waals surface area contributed by atoms with Gasteiger partial charge in [-0.3, -0.25) is 4.79 Å². The molecule has 100 valence electrons. The summed E-state index contributed by atoms with van der Waals surface area (Å²) in [7, 11) is 0. The Labute approximate surface area is 109 Å². The molecule has 0 atom stereocenters. The van der Waals surface area contributed by atoms with Crippen LogP contribution in [0.1, 0.15) is 11.3 Å². The van der Waals surface area contributed by atoms with Gasteiger partial charge in [-0.1, -0.05) is 6.07 Å². The second kappa shape index (κ2) is 5.51. The van der Waals surface area contributed by atoms with Crippen LogP contribution in [0.25, 0.3) is 0 Å². The molecule has 0 aliphatic carbocycles. The molecule has 0 radical (unpaired) electrons. The highest BCUT2D eigenvalue weighted by Gasteiger charge is 2.09. The first-order chi connectivity index (χ1) is 9.04. The lowest BCUT2D eigenvalue weighted by molar-refractivity contribution is -0.118. The van der Waals surface area contributed by atoms with Gasteiger partial charge in [-0.2, -0.15) is 0 Å². The zero-order chi connectivity index (χ0) is 13.8. The zero-order valence-corrected chi connectivity index (χ0v) is 10.6. The van der Waals surface area contributed by atoms with Crippen molar-refractivity contribution in [2.45, 2.75) is 13.8 Å². The molecule has 0 spiro atoms. The molecule has 2 rings (SSSR count). The summed E-state index contributed by atoms with van der Waals surface area (Å²) >= 11 is 0. The molecule has 2 aromatic rings. The predicted molar refractivity (Wildman–Crippen MR) is 66.5 cm³/mol. The first-order valence-electron chi connectivity index (χ1n) is 5.67. The average molecular weight is 264 g/mol. The highest BCUT2D eigenvalue weighted by atomic mass is 19.1. The summed E-state index contributed by atoms with van der Waals surface area (Å²) in [4.78, 5) is 11.6. The molecule has 0 unspecified atom stereocenters. The number of aromatic nitrogens is 1. The molecule has 0 fully saturated rings. The van der Waals surface area contributed by atoms with Crippen LogP contribution >= 0.6 is 0 Å². The summed E-state index contributed by atoms with van der Waals surface area (Å²) in [6, 6.07) is 6.03. The third kappa shape index (κ3) is 3.54. The Bertz CT molecular complexity index is 595. The fourth-order valence-corrected chi connectivity index (χ4v) is 1.47. The fourth-order valence-electron chi connectivity index (χ4n) is 1.47. The Morgan fingerprint density at radius 2 is 2.21 bits per heavy atom. The van der Waals surface area contributed by atoms with Crippen LogP contribution in [0.3, 0.4) is 0 Å². The first-order valence-corrected chi connectivity index (χ1v) is 5.67. The quantitative estimate of drug-likeness (QED) is 0.921. The topological polar surface area (TPSA) is 64.4 Å². The van der Waals surface area contributed by atoms with Gasteiger partial charge >= 0.3 is 0 Å². The van der Waals surface area contributed by atoms with Crippen LogP contribution in [0, 0.1) is 19.7 Å². The molecule has 5 nitrogen and oxygen atoms in total. The minimum absolute atomic E-state index is 0.130. The number of rotatable bonds is 4. The number of benzene rings is 1. The minimum Gasteiger partial charge on any atom is -0.465 e. The molecule has 1 heterocycles. The van der Waals surface area contributed by atoms with Gasteiger partial charge in [0.15, 0.2) is 6.61 Å². The number of nitrogens with one attached hydrogen (secondary N) is 1. The summed E-state index contributed by atoms with van der Waals surface area (Å²) in [5.74, 6) is -0.154. The maximum absolute atomic E-state index is 13.4. The van der Waals surface area contributed by atoms with Gasteiger partial charge in [0, 0.05) is 6.07 Å². The lowest BCUT2D eigenvalue weighted by Crippen LogP contribution is -2.20. The van der Waals surface area contributed by atoms with E-state index in [0.29, 0.717) is 5.76 Å². The second-order valence-electron chi connectivity index (χ2n) is 4.10. The number of anilines is 1. The van der Waals surface area contributed by atoms with Crippen LogP contribution in [0.5, 0.6) is 5.88 Å². The first kappa shape index (κ1) is 13.1. The van der Waals surface area contributed by atoms with Crippen molar-refractivity contribution in [1.29, 1.82) is 0 Å². The van der Waals surface area contributed by atoms with Gasteiger partial charge in [0.05, 0.1) is 5.69 Å². The van der Waals surface area contributed by atoms with Crippen molar-refractivity contribution in [2.24, 2.45) is 0 Å². The molecule has 0 saturated carbocycles. The van der Waals surface area contributed by atoms with Gasteiger partial charge in [-0.25, -0.2) is 4.39 Å². The van der Waals surface area contributed by atoms with Crippen LogP contribution in [-0.2, 0) is 4.79 Å². The Morgan fingerprint density at radius 1 is 1.42 bits per heavy atom. The number of aryl methyl sites for hydroxylation is 2. The van der Waals surface area contributed by atoms with Crippen LogP contribution in [0.4, 0.5) is 10.1 Å². The molecule has 1 amide bonds. The summed E-state index contributed by atoms with van der Waals surface area (Å²) < 4.78 is 23.3. The number of amides is 1. The number of ether oxygens (including phenoxy) is 1. The summed E-state index contributed by atoms with van der Waals surface area (Å²) in [5.41, 5.74) is 0.981. The smallest absolute Gasteiger partial charge is 0.262 e. The molecule has 1 aromatic carbocycles. The summed E-state index contributed by atoms with van der Waals surface area (Å²) in [6.45, 7) is 3.26. The lowest BCUT2D eigenvalue weighted by atomic mass is 10.2. The van der Waals surface area contributed by atoms with Crippen LogP contribution in [0.2, 0.25) is 0 Å². The molecular formula is C13H13FN2O3. The number of hydrogen-bond donors (Lipinski definition) is 1. The molecular weight excluding hydrogens is 251 g/mol. The van der Waals surface area contributed by atoms with Gasteiger partial charge < -0.3 is 14.6 Å². The molecule has 6 heteroatoms. The second-order valence-corrected chi connectivity index (χ2v) is 4.10. The summed E-state index contributed by atoms with van der Waals surface area (Å²) in [6.07, 6.45) is 0. The van der Waals surface area contributed by atoms with E-state index < -0.39 is 11.7 Å². The van der Waals surface area contributed by atoms with Crippen LogP contribution in [0.15, 0.2) is 28.8 Å². The van der Waals surface area contributed by atoms with Crippen molar-refractivity contribution in [3.8, 4) is 5.88 Å². The Balaban J connectivity index is 1.92. The zero-order valence-electron chi connectivity index (χ0n) is 10.6. The SMILES string of the molecule is Cc1ccc(F)c(NC(=O)COc2cc(C)on2)c1. The third-order valence-corrected chi connectivity index (χ3v) is 2.35. The Hall–Kier alpha value is -2.37. The van der Waals surface area contributed by atoms with Crippen LogP contribution < -0.4 is 10.1 Å². The molecule has 0 aliphatic rings. The van der Waals surface area contributed by atoms with E-state index in [0.717, 1.165) is 5.56 Å². The molecule has 1 aromatic heterocycles. The predicted octanol–water partition coefficient (Wildman–Crippen LogP) is 2.45. The van der Waals surface area contributed by atoms with Gasteiger partial charge in [0.1, 0.15) is 11.6 Å². The van der Waals surface area contributed by atoms with Gasteiger partial charge in [-0.05, 0) is 36.7 Å². The van der Waals surface area contributed by atoms with E-state index in [9.17, 15) is 9.18 Å². The van der Waals surface area contributed by atoms with Crippen molar-refractivity contribution in [1.82, 2.24) is 5.16 Å². The highest BCUT2D eigenvalue weighted by Crippen LogP contribution is 2.15. The number of halogens is 1. The Morgan fingerprint density at radius 3 is 2.89 bits per heavy atom. The van der Waals surface area contributed by atoms with Crippen molar-refractivity contribution < 1.29 is 18.4 Å². The van der Waals surface area contributed by atoms with E-state index >= 15 is 0 Å². The van der Waals surface area contributed by atoms with Crippen molar-refractivity contribution in [3.05, 3.63) is 41.4 Å². The monoisotopic (exact) mass is 264 g/mol. The average Bonchev–Trinajstić information content (AvgIpc) is 2.77. The molecule has 0 aliphatic heterocycles. The lowest BCUT2D eigenvalue weighted by Gasteiger charge is -2.07. The standard InChI is InChI=1S/C13H13FN2O3/c1-8-3-4-10(14)11(5-8)15-12(17)7-18-13-6-9(2)19-16-13/h3-6H,7H2,1-2H3,(H,15,17). The molecule has 19 heavy (non-hydrogen) atoms. The summed E-state index contributed by atoms with van der Waals surface area (Å²) in [5, 5.41) is 6.01. The molecule has 0 bridgehead atoms. The van der Waals surface area contributed by atoms with Crippen molar-refractivity contribution in [3.63, 3.8) is 0 Å². The van der Waals surface area contributed by atoms with Gasteiger partial charge in [0.25, 0.3) is 11.8 Å². The van der Waals surface area contributed by atoms with Gasteiger partial charge in [-0.15, -0.1) is 0 Å². The highest BCUT2D eigenvalue weighted by molar-refractivity contribution is 5.92. The van der Waals surface area contributed by atoms with E-state index in [2.05, 4.69) is 10.5 Å². The molecule has 0 saturated heterocycles. The van der Waals surface area contributed by atoms with Crippen molar-refractivity contribution in [2.75, 3.05) is 11.9 Å². The number of carbonyl (C=O) groups excluding carboxylic acids is 1. The van der Waals surface area contributed by atoms with Crippen molar-refractivity contribution >= 4 is 11.6 Å². The Kier molecular flexibility index (Phi) is 3.79. The van der Waals surface area contributed by atoms with E-state index in [1.807, 2.05) is 6.92 Å². The van der Waals surface area contributed by atoms with Crippen LogP contribution in [-0.4, -0.2) is 17.7 Å². The normalized spacial score (nSPS) is 10.3. The fraction of sp³-hybridized carbons (Fsp3) is 0.231. The minimum atomic E-state index is -0.490. The van der Waals surface area contributed by atoms with E-state index in [1.165, 1.54) is 6.07 Å². The number of hydrogen-bond acceptors (Lipinski definition) is 4. The van der Waals surface area contributed by atoms with E-state index in [1.54, 1.807) is 25.1 Å². The van der Waals surface area contributed by atoms with E-state index in [4.69, 9.17) is 9.26 Å². The number of nitrogens with zero attached hydrogens (tertiary/aromatic N) is 1. The maximum atomic E-state index is 13.4. The van der Waals surface area contributed by atoms with Gasteiger partial charge in [0.2, 0.25) is 0 Å². The maximum Gasteiger partial charge on any atom is 0.262 e. The number of carbonyl (C=O) groups is 1.